The number of hydrogen-bond donors (Lipinski definition) is 1. The summed E-state index contributed by atoms with van der Waals surface area (Å²) in [6.45, 7) is 8.20. The smallest absolute Gasteiger partial charge is 0.118 e. The van der Waals surface area contributed by atoms with E-state index in [1.807, 2.05) is 20.4 Å². The zero-order valence-electron chi connectivity index (χ0n) is 10.4. The standard InChI is InChI=1S/C12H22N2O/c1-12(2,3)13-7-10-6-11(15-9-10)8-14(4)5/h6,9,13H,7-8H2,1-5H3. The maximum absolute atomic E-state index is 5.46. The van der Waals surface area contributed by atoms with Gasteiger partial charge in [0.15, 0.2) is 0 Å². The van der Waals surface area contributed by atoms with Gasteiger partial charge in [0.25, 0.3) is 0 Å². The molecule has 1 aromatic rings. The highest BCUT2D eigenvalue weighted by Crippen LogP contribution is 2.10. The van der Waals surface area contributed by atoms with Gasteiger partial charge in [0.2, 0.25) is 0 Å². The lowest BCUT2D eigenvalue weighted by Crippen LogP contribution is -2.34. The van der Waals surface area contributed by atoms with E-state index in [1.54, 1.807) is 0 Å². The Morgan fingerprint density at radius 3 is 2.53 bits per heavy atom. The minimum Gasteiger partial charge on any atom is -0.468 e. The fourth-order valence-corrected chi connectivity index (χ4v) is 1.28. The van der Waals surface area contributed by atoms with E-state index in [2.05, 4.69) is 37.1 Å². The van der Waals surface area contributed by atoms with Crippen molar-refractivity contribution in [3.8, 4) is 0 Å². The summed E-state index contributed by atoms with van der Waals surface area (Å²) in [7, 11) is 4.07. The number of hydrogen-bond acceptors (Lipinski definition) is 3. The van der Waals surface area contributed by atoms with Crippen LogP contribution in [-0.4, -0.2) is 24.5 Å². The molecule has 1 heterocycles. The minimum absolute atomic E-state index is 0.152. The van der Waals surface area contributed by atoms with Crippen molar-refractivity contribution < 1.29 is 4.42 Å². The van der Waals surface area contributed by atoms with Gasteiger partial charge in [-0.3, -0.25) is 0 Å². The largest absolute Gasteiger partial charge is 0.468 e. The van der Waals surface area contributed by atoms with Gasteiger partial charge in [-0.2, -0.15) is 0 Å². The first-order chi connectivity index (χ1) is 6.87. The Morgan fingerprint density at radius 2 is 2.00 bits per heavy atom. The van der Waals surface area contributed by atoms with Gasteiger partial charge >= 0.3 is 0 Å². The Balaban J connectivity index is 2.46. The molecule has 0 spiro atoms. The molecule has 1 N–H and O–H groups in total. The van der Waals surface area contributed by atoms with Gasteiger partial charge in [0.1, 0.15) is 5.76 Å². The Kier molecular flexibility index (Phi) is 3.94. The molecule has 15 heavy (non-hydrogen) atoms. The van der Waals surface area contributed by atoms with Crippen LogP contribution in [-0.2, 0) is 13.1 Å². The predicted octanol–water partition coefficient (Wildman–Crippen LogP) is 2.23. The average Bonchev–Trinajstić information content (AvgIpc) is 2.46. The Bertz CT molecular complexity index is 297. The molecule has 1 rings (SSSR count). The third kappa shape index (κ3) is 5.00. The van der Waals surface area contributed by atoms with Crippen LogP contribution in [0, 0.1) is 0 Å². The number of furan rings is 1. The van der Waals surface area contributed by atoms with E-state index in [9.17, 15) is 0 Å². The molecular weight excluding hydrogens is 188 g/mol. The topological polar surface area (TPSA) is 28.4 Å². The second-order valence-corrected chi connectivity index (χ2v) is 5.26. The number of nitrogens with one attached hydrogen (secondary N) is 1. The summed E-state index contributed by atoms with van der Waals surface area (Å²) in [5.74, 6) is 1.02. The highest BCUT2D eigenvalue weighted by atomic mass is 16.3. The van der Waals surface area contributed by atoms with Crippen molar-refractivity contribution in [2.75, 3.05) is 14.1 Å². The summed E-state index contributed by atoms with van der Waals surface area (Å²) in [4.78, 5) is 2.10. The average molecular weight is 210 g/mol. The van der Waals surface area contributed by atoms with Crippen molar-refractivity contribution in [2.45, 2.75) is 39.4 Å². The Hall–Kier alpha value is -0.800. The summed E-state index contributed by atoms with van der Waals surface area (Å²) >= 11 is 0. The van der Waals surface area contributed by atoms with Crippen LogP contribution in [0.1, 0.15) is 32.1 Å². The van der Waals surface area contributed by atoms with Crippen LogP contribution in [0.25, 0.3) is 0 Å². The monoisotopic (exact) mass is 210 g/mol. The summed E-state index contributed by atoms with van der Waals surface area (Å²) in [6.07, 6.45) is 1.83. The molecule has 0 saturated carbocycles. The van der Waals surface area contributed by atoms with Crippen molar-refractivity contribution in [3.05, 3.63) is 23.7 Å². The fourth-order valence-electron chi connectivity index (χ4n) is 1.28. The summed E-state index contributed by atoms with van der Waals surface area (Å²) < 4.78 is 5.46. The molecule has 1 aromatic heterocycles. The van der Waals surface area contributed by atoms with Crippen molar-refractivity contribution in [1.29, 1.82) is 0 Å². The predicted molar refractivity (Wildman–Crippen MR) is 62.7 cm³/mol. The zero-order chi connectivity index (χ0) is 11.5. The van der Waals surface area contributed by atoms with Gasteiger partial charge in [-0.15, -0.1) is 0 Å². The van der Waals surface area contributed by atoms with Gasteiger partial charge in [0.05, 0.1) is 12.8 Å². The lowest BCUT2D eigenvalue weighted by Gasteiger charge is -2.19. The molecule has 0 aromatic carbocycles. The molecule has 0 saturated heterocycles. The first-order valence-electron chi connectivity index (χ1n) is 5.33. The maximum Gasteiger partial charge on any atom is 0.118 e. The van der Waals surface area contributed by atoms with Crippen LogP contribution < -0.4 is 5.32 Å². The van der Waals surface area contributed by atoms with E-state index in [0.29, 0.717) is 0 Å². The van der Waals surface area contributed by atoms with E-state index < -0.39 is 0 Å². The van der Waals surface area contributed by atoms with Crippen molar-refractivity contribution in [2.24, 2.45) is 0 Å². The van der Waals surface area contributed by atoms with Crippen LogP contribution in [0.15, 0.2) is 16.7 Å². The van der Waals surface area contributed by atoms with Crippen LogP contribution in [0.4, 0.5) is 0 Å². The SMILES string of the molecule is CN(C)Cc1cc(CNC(C)(C)C)co1. The third-order valence-corrected chi connectivity index (χ3v) is 2.00. The second-order valence-electron chi connectivity index (χ2n) is 5.26. The van der Waals surface area contributed by atoms with Crippen molar-refractivity contribution in [1.82, 2.24) is 10.2 Å². The molecule has 0 aliphatic heterocycles. The van der Waals surface area contributed by atoms with Crippen molar-refractivity contribution >= 4 is 0 Å². The number of rotatable bonds is 4. The number of nitrogens with zero attached hydrogens (tertiary/aromatic N) is 1. The molecule has 0 radical (unpaired) electrons. The Morgan fingerprint density at radius 1 is 1.33 bits per heavy atom. The molecular formula is C12H22N2O. The molecule has 0 aliphatic rings. The second kappa shape index (κ2) is 4.81. The first-order valence-corrected chi connectivity index (χ1v) is 5.33. The van der Waals surface area contributed by atoms with E-state index >= 15 is 0 Å². The highest BCUT2D eigenvalue weighted by molar-refractivity contribution is 5.12. The molecule has 3 heteroatoms. The lowest BCUT2D eigenvalue weighted by molar-refractivity contribution is 0.350. The molecule has 0 fully saturated rings. The van der Waals surface area contributed by atoms with Crippen LogP contribution in [0.2, 0.25) is 0 Å². The Labute approximate surface area is 92.5 Å². The molecule has 0 aliphatic carbocycles. The normalized spacial score (nSPS) is 12.4. The van der Waals surface area contributed by atoms with Gasteiger partial charge in [0, 0.05) is 17.6 Å². The van der Waals surface area contributed by atoms with E-state index in [0.717, 1.165) is 18.8 Å². The lowest BCUT2D eigenvalue weighted by atomic mass is 10.1. The van der Waals surface area contributed by atoms with Gasteiger partial charge in [-0.1, -0.05) is 0 Å². The third-order valence-electron chi connectivity index (χ3n) is 2.00. The molecule has 3 nitrogen and oxygen atoms in total. The summed E-state index contributed by atoms with van der Waals surface area (Å²) in [5, 5.41) is 3.43. The summed E-state index contributed by atoms with van der Waals surface area (Å²) in [5.41, 5.74) is 1.36. The first kappa shape index (κ1) is 12.3. The molecule has 0 bridgehead atoms. The van der Waals surface area contributed by atoms with Gasteiger partial charge < -0.3 is 14.6 Å². The van der Waals surface area contributed by atoms with Crippen molar-refractivity contribution in [3.63, 3.8) is 0 Å². The maximum atomic E-state index is 5.46. The minimum atomic E-state index is 0.152. The van der Waals surface area contributed by atoms with E-state index in [1.165, 1.54) is 5.56 Å². The van der Waals surface area contributed by atoms with Crippen LogP contribution in [0.5, 0.6) is 0 Å². The molecule has 0 amide bonds. The van der Waals surface area contributed by atoms with Gasteiger partial charge in [-0.05, 0) is 40.9 Å². The quantitative estimate of drug-likeness (QED) is 0.826. The zero-order valence-corrected chi connectivity index (χ0v) is 10.4. The van der Waals surface area contributed by atoms with Crippen LogP contribution >= 0.6 is 0 Å². The molecule has 0 unspecified atom stereocenters. The fraction of sp³-hybridized carbons (Fsp3) is 0.667. The molecule has 86 valence electrons. The van der Waals surface area contributed by atoms with Gasteiger partial charge in [-0.25, -0.2) is 0 Å². The van der Waals surface area contributed by atoms with Crippen LogP contribution in [0.3, 0.4) is 0 Å². The van der Waals surface area contributed by atoms with E-state index in [4.69, 9.17) is 4.42 Å². The highest BCUT2D eigenvalue weighted by Gasteiger charge is 2.09. The molecule has 0 atom stereocenters. The summed E-state index contributed by atoms with van der Waals surface area (Å²) in [6, 6.07) is 2.11. The van der Waals surface area contributed by atoms with E-state index in [-0.39, 0.29) is 5.54 Å².